The van der Waals surface area contributed by atoms with Gasteiger partial charge in [0.25, 0.3) is 0 Å². The molecule has 110 valence electrons. The second-order valence-corrected chi connectivity index (χ2v) is 4.99. The van der Waals surface area contributed by atoms with Gasteiger partial charge >= 0.3 is 0 Å². The van der Waals surface area contributed by atoms with Crippen molar-refractivity contribution in [3.8, 4) is 5.75 Å². The molecule has 0 spiro atoms. The van der Waals surface area contributed by atoms with Gasteiger partial charge in [-0.3, -0.25) is 9.69 Å². The summed E-state index contributed by atoms with van der Waals surface area (Å²) in [6.45, 7) is 5.42. The van der Waals surface area contributed by atoms with Crippen LogP contribution in [0.25, 0.3) is 0 Å². The van der Waals surface area contributed by atoms with Gasteiger partial charge in [0.2, 0.25) is 5.91 Å². The van der Waals surface area contributed by atoms with Crippen LogP contribution in [0.15, 0.2) is 24.3 Å². The first-order chi connectivity index (χ1) is 9.72. The van der Waals surface area contributed by atoms with E-state index in [9.17, 15) is 4.79 Å². The van der Waals surface area contributed by atoms with Crippen LogP contribution in [0.1, 0.15) is 13.3 Å². The average molecular weight is 277 g/mol. The van der Waals surface area contributed by atoms with Crippen molar-refractivity contribution in [2.24, 2.45) is 0 Å². The van der Waals surface area contributed by atoms with Gasteiger partial charge in [-0.15, -0.1) is 0 Å². The number of nitrogens with one attached hydrogen (secondary N) is 2. The molecule has 1 aromatic carbocycles. The third-order valence-corrected chi connectivity index (χ3v) is 3.66. The van der Waals surface area contributed by atoms with Gasteiger partial charge in [0.15, 0.2) is 0 Å². The van der Waals surface area contributed by atoms with E-state index >= 15 is 0 Å². The van der Waals surface area contributed by atoms with Gasteiger partial charge in [-0.25, -0.2) is 0 Å². The molecule has 1 amide bonds. The number of carbonyl (C=O) groups is 1. The summed E-state index contributed by atoms with van der Waals surface area (Å²) < 4.78 is 5.15. The predicted octanol–water partition coefficient (Wildman–Crippen LogP) is 1.32. The highest BCUT2D eigenvalue weighted by Crippen LogP contribution is 2.17. The molecule has 1 saturated heterocycles. The van der Waals surface area contributed by atoms with Gasteiger partial charge in [-0.05, 0) is 31.6 Å². The third kappa shape index (κ3) is 3.95. The maximum atomic E-state index is 12.1. The molecule has 0 saturated carbocycles. The van der Waals surface area contributed by atoms with E-state index in [-0.39, 0.29) is 5.91 Å². The fourth-order valence-corrected chi connectivity index (χ4v) is 2.54. The number of ether oxygens (including phenoxy) is 1. The molecular weight excluding hydrogens is 254 g/mol. The smallest absolute Gasteiger partial charge is 0.238 e. The quantitative estimate of drug-likeness (QED) is 0.823. The minimum Gasteiger partial charge on any atom is -0.497 e. The van der Waals surface area contributed by atoms with Crippen LogP contribution in [0.2, 0.25) is 0 Å². The molecule has 0 aromatic heterocycles. The van der Waals surface area contributed by atoms with Crippen LogP contribution in [-0.2, 0) is 4.79 Å². The van der Waals surface area contributed by atoms with Crippen molar-refractivity contribution in [1.82, 2.24) is 10.2 Å². The summed E-state index contributed by atoms with van der Waals surface area (Å²) in [5.74, 6) is 0.766. The number of benzene rings is 1. The molecule has 5 heteroatoms. The first kappa shape index (κ1) is 14.8. The highest BCUT2D eigenvalue weighted by Gasteiger charge is 2.22. The zero-order valence-corrected chi connectivity index (χ0v) is 12.2. The van der Waals surface area contributed by atoms with Gasteiger partial charge < -0.3 is 15.4 Å². The van der Waals surface area contributed by atoms with E-state index in [2.05, 4.69) is 22.5 Å². The summed E-state index contributed by atoms with van der Waals surface area (Å²) in [4.78, 5) is 14.3. The number of methoxy groups -OCH3 is 1. The van der Waals surface area contributed by atoms with E-state index in [1.54, 1.807) is 7.11 Å². The van der Waals surface area contributed by atoms with Crippen molar-refractivity contribution < 1.29 is 9.53 Å². The molecule has 0 aliphatic carbocycles. The predicted molar refractivity (Wildman–Crippen MR) is 80.1 cm³/mol. The van der Waals surface area contributed by atoms with E-state index in [1.165, 1.54) is 0 Å². The Bertz CT molecular complexity index is 444. The Morgan fingerprint density at radius 2 is 2.40 bits per heavy atom. The Morgan fingerprint density at radius 1 is 1.55 bits per heavy atom. The molecule has 1 heterocycles. The molecule has 1 fully saturated rings. The Morgan fingerprint density at radius 3 is 3.05 bits per heavy atom. The number of rotatable bonds is 6. The zero-order valence-electron chi connectivity index (χ0n) is 12.2. The largest absolute Gasteiger partial charge is 0.497 e. The molecule has 2 N–H and O–H groups in total. The van der Waals surface area contributed by atoms with Gasteiger partial charge in [0, 0.05) is 24.3 Å². The minimum atomic E-state index is 0.0204. The Kier molecular flexibility index (Phi) is 5.38. The molecule has 1 aliphatic heterocycles. The third-order valence-electron chi connectivity index (χ3n) is 3.66. The lowest BCUT2D eigenvalue weighted by atomic mass is 10.2. The van der Waals surface area contributed by atoms with E-state index in [1.807, 2.05) is 24.3 Å². The first-order valence-electron chi connectivity index (χ1n) is 7.11. The topological polar surface area (TPSA) is 53.6 Å². The minimum absolute atomic E-state index is 0.0204. The molecule has 1 unspecified atom stereocenters. The van der Waals surface area contributed by atoms with Crippen LogP contribution in [0.4, 0.5) is 5.69 Å². The van der Waals surface area contributed by atoms with Crippen LogP contribution in [0, 0.1) is 0 Å². The second-order valence-electron chi connectivity index (χ2n) is 4.99. The highest BCUT2D eigenvalue weighted by molar-refractivity contribution is 5.92. The standard InChI is InChI=1S/C15H23N3O2/c1-3-18(13-7-8-16-10-13)11-15(19)17-12-5-4-6-14(9-12)20-2/h4-6,9,13,16H,3,7-8,10-11H2,1-2H3,(H,17,19). The molecular formula is C15H23N3O2. The fourth-order valence-electron chi connectivity index (χ4n) is 2.54. The molecule has 20 heavy (non-hydrogen) atoms. The summed E-state index contributed by atoms with van der Waals surface area (Å²) in [5, 5.41) is 6.26. The van der Waals surface area contributed by atoms with Crippen LogP contribution in [-0.4, -0.2) is 50.1 Å². The lowest BCUT2D eigenvalue weighted by molar-refractivity contribution is -0.117. The Labute approximate surface area is 120 Å². The van der Waals surface area contributed by atoms with Crippen LogP contribution < -0.4 is 15.4 Å². The number of anilines is 1. The number of carbonyl (C=O) groups excluding carboxylic acids is 1. The maximum Gasteiger partial charge on any atom is 0.238 e. The van der Waals surface area contributed by atoms with Crippen LogP contribution in [0.5, 0.6) is 5.75 Å². The number of nitrogens with zero attached hydrogens (tertiary/aromatic N) is 1. The molecule has 2 rings (SSSR count). The molecule has 1 atom stereocenters. The molecule has 1 aromatic rings. The molecule has 0 radical (unpaired) electrons. The number of hydrogen-bond acceptors (Lipinski definition) is 4. The monoisotopic (exact) mass is 277 g/mol. The SMILES string of the molecule is CCN(CC(=O)Nc1cccc(OC)c1)C1CCNC1. The fraction of sp³-hybridized carbons (Fsp3) is 0.533. The number of likely N-dealkylation sites (N-methyl/N-ethyl adjacent to an activating group) is 1. The zero-order chi connectivity index (χ0) is 14.4. The van der Waals surface area contributed by atoms with E-state index in [0.29, 0.717) is 12.6 Å². The molecule has 5 nitrogen and oxygen atoms in total. The van der Waals surface area contributed by atoms with Crippen molar-refractivity contribution in [1.29, 1.82) is 0 Å². The van der Waals surface area contributed by atoms with Crippen molar-refractivity contribution in [2.45, 2.75) is 19.4 Å². The summed E-state index contributed by atoms with van der Waals surface area (Å²) in [7, 11) is 1.62. The summed E-state index contributed by atoms with van der Waals surface area (Å²) >= 11 is 0. The average Bonchev–Trinajstić information content (AvgIpc) is 2.99. The summed E-state index contributed by atoms with van der Waals surface area (Å²) in [5.41, 5.74) is 0.773. The summed E-state index contributed by atoms with van der Waals surface area (Å²) in [6, 6.07) is 7.89. The highest BCUT2D eigenvalue weighted by atomic mass is 16.5. The van der Waals surface area contributed by atoms with E-state index in [4.69, 9.17) is 4.74 Å². The molecule has 0 bridgehead atoms. The van der Waals surface area contributed by atoms with Gasteiger partial charge in [0.1, 0.15) is 5.75 Å². The van der Waals surface area contributed by atoms with Crippen LogP contribution in [0.3, 0.4) is 0 Å². The van der Waals surface area contributed by atoms with Crippen LogP contribution >= 0.6 is 0 Å². The van der Waals surface area contributed by atoms with Gasteiger partial charge in [-0.1, -0.05) is 13.0 Å². The Hall–Kier alpha value is -1.59. The van der Waals surface area contributed by atoms with Crippen molar-refractivity contribution in [3.05, 3.63) is 24.3 Å². The summed E-state index contributed by atoms with van der Waals surface area (Å²) in [6.07, 6.45) is 1.11. The van der Waals surface area contributed by atoms with Crippen molar-refractivity contribution in [3.63, 3.8) is 0 Å². The second kappa shape index (κ2) is 7.26. The first-order valence-corrected chi connectivity index (χ1v) is 7.11. The number of amides is 1. The van der Waals surface area contributed by atoms with Gasteiger partial charge in [0.05, 0.1) is 13.7 Å². The van der Waals surface area contributed by atoms with Gasteiger partial charge in [-0.2, -0.15) is 0 Å². The van der Waals surface area contributed by atoms with E-state index in [0.717, 1.165) is 37.5 Å². The van der Waals surface area contributed by atoms with E-state index < -0.39 is 0 Å². The normalized spacial score (nSPS) is 18.2. The molecule has 1 aliphatic rings. The lowest BCUT2D eigenvalue weighted by Crippen LogP contribution is -2.41. The van der Waals surface area contributed by atoms with Crippen molar-refractivity contribution in [2.75, 3.05) is 38.6 Å². The number of hydrogen-bond donors (Lipinski definition) is 2. The Balaban J connectivity index is 1.90. The maximum absolute atomic E-state index is 12.1. The van der Waals surface area contributed by atoms with Crippen molar-refractivity contribution >= 4 is 11.6 Å². The lowest BCUT2D eigenvalue weighted by Gasteiger charge is -2.26.